The van der Waals surface area contributed by atoms with E-state index >= 15 is 0 Å². The zero-order valence-electron chi connectivity index (χ0n) is 29.4. The summed E-state index contributed by atoms with van der Waals surface area (Å²) in [5.74, 6) is 0.387. The Balaban J connectivity index is 0.000000633. The lowest BCUT2D eigenvalue weighted by Crippen LogP contribution is -2.33. The summed E-state index contributed by atoms with van der Waals surface area (Å²) in [4.78, 5) is 49.3. The second-order valence-corrected chi connectivity index (χ2v) is 11.6. The molecule has 5 rings (SSSR count). The first kappa shape index (κ1) is 38.6. The number of nitrogens with zero attached hydrogens (tertiary/aromatic N) is 5. The molecule has 1 aromatic carbocycles. The van der Waals surface area contributed by atoms with E-state index in [1.165, 1.54) is 12.8 Å². The van der Waals surface area contributed by atoms with Crippen LogP contribution in [-0.2, 0) is 16.0 Å². The molecule has 2 amide bonds. The van der Waals surface area contributed by atoms with Crippen molar-refractivity contribution in [2.45, 2.75) is 72.3 Å². The number of aromatic nitrogens is 2. The highest BCUT2D eigenvalue weighted by Gasteiger charge is 2.23. The lowest BCUT2D eigenvalue weighted by atomic mass is 10.1. The average molecular weight is 676 g/mol. The number of ether oxygens (including phenoxy) is 1. The molecule has 0 spiro atoms. The van der Waals surface area contributed by atoms with Crippen molar-refractivity contribution in [2.75, 3.05) is 61.3 Å². The highest BCUT2D eigenvalue weighted by Crippen LogP contribution is 2.24. The minimum Gasteiger partial charge on any atom is -0.480 e. The largest absolute Gasteiger partial charge is 0.480 e. The van der Waals surface area contributed by atoms with Crippen molar-refractivity contribution in [3.63, 3.8) is 0 Å². The summed E-state index contributed by atoms with van der Waals surface area (Å²) in [7, 11) is 0. The number of aliphatic carboxylic acids is 1. The molecule has 3 aliphatic rings. The molecule has 3 heterocycles. The summed E-state index contributed by atoms with van der Waals surface area (Å²) in [5.41, 5.74) is 2.50. The van der Waals surface area contributed by atoms with Gasteiger partial charge in [0.25, 0.3) is 0 Å². The van der Waals surface area contributed by atoms with E-state index in [9.17, 15) is 19.5 Å². The third-order valence-corrected chi connectivity index (χ3v) is 8.19. The van der Waals surface area contributed by atoms with E-state index in [-0.39, 0.29) is 12.5 Å². The van der Waals surface area contributed by atoms with Crippen molar-refractivity contribution in [1.29, 1.82) is 0 Å². The molecule has 0 radical (unpaired) electrons. The third-order valence-electron chi connectivity index (χ3n) is 8.19. The SMILES string of the molecule is CC.CCN(CC)c1ncc(NCC2=CC=CCC=C2)c(NC(Cc2ccc(OC(=O)N3CCCC3)cc2)C(=O)O)n1.O=CN1CCCC1. The minimum atomic E-state index is -1.00. The van der Waals surface area contributed by atoms with Crippen LogP contribution < -0.4 is 20.3 Å². The van der Waals surface area contributed by atoms with Crippen LogP contribution in [0.2, 0.25) is 0 Å². The maximum Gasteiger partial charge on any atom is 0.415 e. The summed E-state index contributed by atoms with van der Waals surface area (Å²) in [6.07, 6.45) is 18.0. The second kappa shape index (κ2) is 21.2. The van der Waals surface area contributed by atoms with Crippen LogP contribution in [-0.4, -0.2) is 95.2 Å². The standard InChI is InChI=1S/C30H38N6O4.C5H9NO.C2H6/c1-3-35(4-2)29-32-21-26(31-20-23-11-7-5-6-8-12-23)27(34-29)33-25(28(37)38)19-22-13-15-24(16-14-22)40-30(39)36-17-9-10-18-36;7-5-6-3-1-2-4-6;1-2/h5,7-8,11-16,21,25,31H,3-4,6,9-10,17-20H2,1-2H3,(H,37,38)(H,32,33,34);5H,1-4H2;1-2H3. The first-order valence-corrected chi connectivity index (χ1v) is 17.5. The van der Waals surface area contributed by atoms with Gasteiger partial charge in [-0.3, -0.25) is 4.79 Å². The molecule has 1 unspecified atom stereocenters. The van der Waals surface area contributed by atoms with Crippen LogP contribution in [0.25, 0.3) is 0 Å². The topological polar surface area (TPSA) is 140 Å². The third kappa shape index (κ3) is 12.6. The zero-order valence-corrected chi connectivity index (χ0v) is 29.4. The van der Waals surface area contributed by atoms with Gasteiger partial charge in [0.1, 0.15) is 11.8 Å². The number of carbonyl (C=O) groups excluding carboxylic acids is 2. The van der Waals surface area contributed by atoms with Crippen LogP contribution in [0.1, 0.15) is 65.4 Å². The number of carboxylic acid groups (broad SMARTS) is 1. The van der Waals surface area contributed by atoms with Gasteiger partial charge >= 0.3 is 12.1 Å². The number of likely N-dealkylation sites (tertiary alicyclic amines) is 2. The number of allylic oxidation sites excluding steroid dienone is 4. The molecule has 12 nitrogen and oxygen atoms in total. The first-order chi connectivity index (χ1) is 23.9. The predicted molar refractivity (Wildman–Crippen MR) is 195 cm³/mol. The van der Waals surface area contributed by atoms with Crippen LogP contribution in [0.5, 0.6) is 5.75 Å². The van der Waals surface area contributed by atoms with Gasteiger partial charge in [-0.1, -0.05) is 56.4 Å². The van der Waals surface area contributed by atoms with E-state index in [4.69, 9.17) is 9.72 Å². The van der Waals surface area contributed by atoms with E-state index in [0.29, 0.717) is 42.8 Å². The quantitative estimate of drug-likeness (QED) is 0.212. The van der Waals surface area contributed by atoms with Crippen LogP contribution in [0.15, 0.2) is 66.4 Å². The molecule has 12 heteroatoms. The number of amides is 2. The Morgan fingerprint density at radius 3 is 2.31 bits per heavy atom. The molecule has 49 heavy (non-hydrogen) atoms. The Morgan fingerprint density at radius 1 is 1.02 bits per heavy atom. The fourth-order valence-electron chi connectivity index (χ4n) is 5.42. The summed E-state index contributed by atoms with van der Waals surface area (Å²) < 4.78 is 5.47. The van der Waals surface area contributed by atoms with Crippen molar-refractivity contribution in [1.82, 2.24) is 19.8 Å². The number of anilines is 3. The first-order valence-electron chi connectivity index (χ1n) is 17.5. The van der Waals surface area contributed by atoms with Gasteiger partial charge in [-0.2, -0.15) is 4.98 Å². The second-order valence-electron chi connectivity index (χ2n) is 11.6. The lowest BCUT2D eigenvalue weighted by molar-refractivity contribution is -0.137. The van der Waals surface area contributed by atoms with E-state index in [2.05, 4.69) is 33.8 Å². The molecule has 2 fully saturated rings. The summed E-state index contributed by atoms with van der Waals surface area (Å²) in [6, 6.07) is 6.01. The Labute approximate surface area is 290 Å². The van der Waals surface area contributed by atoms with Crippen LogP contribution >= 0.6 is 0 Å². The number of rotatable bonds is 13. The summed E-state index contributed by atoms with van der Waals surface area (Å²) in [5, 5.41) is 16.6. The predicted octanol–water partition coefficient (Wildman–Crippen LogP) is 6.14. The Kier molecular flexibility index (Phi) is 16.7. The summed E-state index contributed by atoms with van der Waals surface area (Å²) in [6.45, 7) is 13.4. The molecule has 2 aromatic rings. The lowest BCUT2D eigenvalue weighted by Gasteiger charge is -2.23. The highest BCUT2D eigenvalue weighted by atomic mass is 16.6. The number of nitrogens with one attached hydrogen (secondary N) is 2. The van der Waals surface area contributed by atoms with E-state index in [1.54, 1.807) is 40.3 Å². The number of hydrogen-bond acceptors (Lipinski definition) is 9. The molecule has 1 atom stereocenters. The molecule has 0 saturated carbocycles. The van der Waals surface area contributed by atoms with Gasteiger partial charge in [-0.25, -0.2) is 14.6 Å². The van der Waals surface area contributed by atoms with Crippen molar-refractivity contribution in [2.24, 2.45) is 0 Å². The van der Waals surface area contributed by atoms with Gasteiger partial charge in [-0.15, -0.1) is 0 Å². The van der Waals surface area contributed by atoms with Crippen LogP contribution in [0.3, 0.4) is 0 Å². The Bertz CT molecular complexity index is 1410. The van der Waals surface area contributed by atoms with Gasteiger partial charge in [0, 0.05) is 52.2 Å². The molecule has 266 valence electrons. The van der Waals surface area contributed by atoms with Crippen LogP contribution in [0.4, 0.5) is 22.2 Å². The van der Waals surface area contributed by atoms with E-state index in [1.807, 2.05) is 44.7 Å². The number of benzene rings is 1. The Hall–Kier alpha value is -4.87. The van der Waals surface area contributed by atoms with Crippen molar-refractivity contribution in [3.8, 4) is 5.75 Å². The van der Waals surface area contributed by atoms with Gasteiger partial charge in [0.05, 0.1) is 11.9 Å². The van der Waals surface area contributed by atoms with Crippen molar-refractivity contribution >= 4 is 35.9 Å². The molecule has 1 aromatic heterocycles. The fraction of sp³-hybridized carbons (Fsp3) is 0.486. The van der Waals surface area contributed by atoms with Gasteiger partial charge in [-0.05, 0) is 69.2 Å². The molecule has 1 aliphatic carbocycles. The Morgan fingerprint density at radius 2 is 1.69 bits per heavy atom. The molecule has 2 saturated heterocycles. The molecular formula is C37H53N7O5. The number of carbonyl (C=O) groups is 3. The minimum absolute atomic E-state index is 0.207. The molecule has 0 bridgehead atoms. The van der Waals surface area contributed by atoms with Crippen molar-refractivity contribution in [3.05, 3.63) is 72.0 Å². The number of hydrogen-bond donors (Lipinski definition) is 3. The van der Waals surface area contributed by atoms with E-state index in [0.717, 1.165) is 63.0 Å². The maximum atomic E-state index is 12.3. The van der Waals surface area contributed by atoms with Crippen LogP contribution in [0, 0.1) is 0 Å². The number of carboxylic acids is 1. The van der Waals surface area contributed by atoms with Crippen molar-refractivity contribution < 1.29 is 24.2 Å². The highest BCUT2D eigenvalue weighted by molar-refractivity contribution is 5.80. The average Bonchev–Trinajstić information content (AvgIpc) is 3.81. The van der Waals surface area contributed by atoms with E-state index < -0.39 is 12.0 Å². The molecular weight excluding hydrogens is 622 g/mol. The normalized spacial score (nSPS) is 15.5. The van der Waals surface area contributed by atoms with Gasteiger partial charge in [0.15, 0.2) is 5.82 Å². The summed E-state index contributed by atoms with van der Waals surface area (Å²) >= 11 is 0. The van der Waals surface area contributed by atoms with Gasteiger partial charge < -0.3 is 35.2 Å². The monoisotopic (exact) mass is 675 g/mol. The zero-order chi connectivity index (χ0) is 35.4. The smallest absolute Gasteiger partial charge is 0.415 e. The van der Waals surface area contributed by atoms with Gasteiger partial charge in [0.2, 0.25) is 12.4 Å². The molecule has 3 N–H and O–H groups in total. The molecule has 2 aliphatic heterocycles. The maximum absolute atomic E-state index is 12.3. The fourth-order valence-corrected chi connectivity index (χ4v) is 5.42.